The summed E-state index contributed by atoms with van der Waals surface area (Å²) in [6.45, 7) is 6.20. The lowest BCUT2D eigenvalue weighted by molar-refractivity contribution is -0.274. The minimum Gasteiger partial charge on any atom is -0.406 e. The van der Waals surface area contributed by atoms with Crippen LogP contribution in [0, 0.1) is 6.92 Å². The summed E-state index contributed by atoms with van der Waals surface area (Å²) in [5.74, 6) is 0.587. The predicted molar refractivity (Wildman–Crippen MR) is 138 cm³/mol. The molecule has 5 rings (SSSR count). The van der Waals surface area contributed by atoms with E-state index in [-0.39, 0.29) is 18.1 Å². The SMILES string of the molecule is Cc1nc(N2CCC(N3CCCC3)CC2)nc2ccc(NC(=O)CCc3ccc(OC(F)(F)F)cc3)nc12. The van der Waals surface area contributed by atoms with Crippen LogP contribution in [0.15, 0.2) is 36.4 Å². The number of anilines is 2. The molecule has 2 aliphatic rings. The van der Waals surface area contributed by atoms with E-state index in [0.29, 0.717) is 23.8 Å². The number of rotatable bonds is 7. The fourth-order valence-corrected chi connectivity index (χ4v) is 5.21. The van der Waals surface area contributed by atoms with E-state index in [1.165, 1.54) is 50.2 Å². The van der Waals surface area contributed by atoms with Crippen molar-refractivity contribution in [2.45, 2.75) is 57.9 Å². The number of aryl methyl sites for hydroxylation is 2. The number of piperidine rings is 1. The first-order valence-corrected chi connectivity index (χ1v) is 13.0. The third kappa shape index (κ3) is 6.50. The second kappa shape index (κ2) is 11.1. The van der Waals surface area contributed by atoms with Gasteiger partial charge in [-0.25, -0.2) is 15.0 Å². The van der Waals surface area contributed by atoms with Crippen molar-refractivity contribution in [3.05, 3.63) is 47.7 Å². The van der Waals surface area contributed by atoms with Crippen molar-refractivity contribution in [3.8, 4) is 5.75 Å². The maximum atomic E-state index is 12.5. The Morgan fingerprint density at radius 3 is 2.39 bits per heavy atom. The highest BCUT2D eigenvalue weighted by Gasteiger charge is 2.31. The summed E-state index contributed by atoms with van der Waals surface area (Å²) in [4.78, 5) is 31.4. The molecule has 0 unspecified atom stereocenters. The molecule has 2 aromatic heterocycles. The molecule has 38 heavy (non-hydrogen) atoms. The van der Waals surface area contributed by atoms with Crippen LogP contribution >= 0.6 is 0 Å². The van der Waals surface area contributed by atoms with Gasteiger partial charge in [0.05, 0.1) is 11.2 Å². The molecule has 0 radical (unpaired) electrons. The average molecular weight is 529 g/mol. The predicted octanol–water partition coefficient (Wildman–Crippen LogP) is 4.87. The van der Waals surface area contributed by atoms with E-state index >= 15 is 0 Å². The standard InChI is InChI=1S/C27H31F3N6O2/c1-18-25-22(32-26(31-18)36-16-12-20(13-17-36)35-14-2-3-15-35)9-10-23(34-25)33-24(37)11-6-19-4-7-21(8-5-19)38-27(28,29)30/h4-5,7-10,20H,2-3,6,11-17H2,1H3,(H,33,34,37). The first kappa shape index (κ1) is 26.1. The number of ether oxygens (including phenoxy) is 1. The van der Waals surface area contributed by atoms with Crippen LogP contribution < -0.4 is 15.0 Å². The Morgan fingerprint density at radius 1 is 1.00 bits per heavy atom. The second-order valence-corrected chi connectivity index (χ2v) is 9.87. The van der Waals surface area contributed by atoms with Gasteiger partial charge in [0.2, 0.25) is 11.9 Å². The smallest absolute Gasteiger partial charge is 0.406 e. The maximum Gasteiger partial charge on any atom is 0.573 e. The summed E-state index contributed by atoms with van der Waals surface area (Å²) in [5.41, 5.74) is 2.85. The maximum absolute atomic E-state index is 12.5. The molecule has 1 N–H and O–H groups in total. The fraction of sp³-hybridized carbons (Fsp3) is 0.481. The largest absolute Gasteiger partial charge is 0.573 e. The Kier molecular flexibility index (Phi) is 7.64. The Balaban J connectivity index is 1.17. The number of nitrogens with one attached hydrogen (secondary N) is 1. The van der Waals surface area contributed by atoms with E-state index in [1.807, 2.05) is 13.0 Å². The number of fused-ring (bicyclic) bond motifs is 1. The van der Waals surface area contributed by atoms with Gasteiger partial charge in [0, 0.05) is 25.6 Å². The normalized spacial score (nSPS) is 17.2. The lowest BCUT2D eigenvalue weighted by atomic mass is 10.0. The van der Waals surface area contributed by atoms with Gasteiger partial charge >= 0.3 is 6.36 Å². The van der Waals surface area contributed by atoms with Crippen molar-refractivity contribution in [1.82, 2.24) is 19.9 Å². The molecular formula is C27H31F3N6O2. The number of halogens is 3. The number of likely N-dealkylation sites (tertiary alicyclic amines) is 1. The van der Waals surface area contributed by atoms with E-state index in [9.17, 15) is 18.0 Å². The zero-order valence-electron chi connectivity index (χ0n) is 21.3. The number of pyridine rings is 1. The van der Waals surface area contributed by atoms with Gasteiger partial charge in [0.15, 0.2) is 0 Å². The number of benzene rings is 1. The zero-order valence-corrected chi connectivity index (χ0v) is 21.3. The van der Waals surface area contributed by atoms with Crippen LogP contribution in [0.1, 0.15) is 43.4 Å². The summed E-state index contributed by atoms with van der Waals surface area (Å²) in [6, 6.07) is 9.71. The minimum atomic E-state index is -4.73. The van der Waals surface area contributed by atoms with Crippen LogP contribution in [-0.4, -0.2) is 64.3 Å². The third-order valence-electron chi connectivity index (χ3n) is 7.17. The van der Waals surface area contributed by atoms with E-state index in [2.05, 4.69) is 24.8 Å². The Morgan fingerprint density at radius 2 is 1.71 bits per heavy atom. The topological polar surface area (TPSA) is 83.5 Å². The quantitative estimate of drug-likeness (QED) is 0.469. The number of carbonyl (C=O) groups is 1. The van der Waals surface area contributed by atoms with E-state index in [4.69, 9.17) is 9.97 Å². The van der Waals surface area contributed by atoms with Gasteiger partial charge in [-0.2, -0.15) is 0 Å². The number of alkyl halides is 3. The molecule has 4 heterocycles. The van der Waals surface area contributed by atoms with Crippen LogP contribution in [0.2, 0.25) is 0 Å². The van der Waals surface area contributed by atoms with Crippen molar-refractivity contribution < 1.29 is 22.7 Å². The van der Waals surface area contributed by atoms with E-state index in [1.54, 1.807) is 6.07 Å². The van der Waals surface area contributed by atoms with E-state index in [0.717, 1.165) is 48.7 Å². The van der Waals surface area contributed by atoms with Crippen LogP contribution in [0.3, 0.4) is 0 Å². The Bertz CT molecular complexity index is 1270. The summed E-state index contributed by atoms with van der Waals surface area (Å²) in [6.07, 6.45) is 0.641. The molecule has 1 aromatic carbocycles. The molecular weight excluding hydrogens is 497 g/mol. The molecule has 202 valence electrons. The lowest BCUT2D eigenvalue weighted by Crippen LogP contribution is -2.44. The van der Waals surface area contributed by atoms with Crippen molar-refractivity contribution in [2.24, 2.45) is 0 Å². The number of hydrogen-bond donors (Lipinski definition) is 1. The molecule has 11 heteroatoms. The molecule has 0 atom stereocenters. The van der Waals surface area contributed by atoms with Crippen LogP contribution in [0.4, 0.5) is 24.9 Å². The highest BCUT2D eigenvalue weighted by molar-refractivity contribution is 5.91. The summed E-state index contributed by atoms with van der Waals surface area (Å²) in [5, 5.41) is 2.79. The Hall–Kier alpha value is -3.47. The highest BCUT2D eigenvalue weighted by Crippen LogP contribution is 2.26. The first-order valence-electron chi connectivity index (χ1n) is 13.0. The molecule has 2 fully saturated rings. The average Bonchev–Trinajstić information content (AvgIpc) is 3.43. The van der Waals surface area contributed by atoms with Crippen molar-refractivity contribution in [3.63, 3.8) is 0 Å². The van der Waals surface area contributed by atoms with Gasteiger partial charge in [0.25, 0.3) is 0 Å². The van der Waals surface area contributed by atoms with Crippen molar-refractivity contribution >= 4 is 28.7 Å². The lowest BCUT2D eigenvalue weighted by Gasteiger charge is -2.36. The van der Waals surface area contributed by atoms with Gasteiger partial charge < -0.3 is 19.9 Å². The number of hydrogen-bond acceptors (Lipinski definition) is 7. The van der Waals surface area contributed by atoms with Crippen LogP contribution in [0.25, 0.3) is 11.0 Å². The Labute approximate surface area is 219 Å². The van der Waals surface area contributed by atoms with Gasteiger partial charge in [0.1, 0.15) is 17.1 Å². The van der Waals surface area contributed by atoms with Crippen LogP contribution in [0.5, 0.6) is 5.75 Å². The number of amides is 1. The molecule has 1 amide bonds. The van der Waals surface area contributed by atoms with Gasteiger partial charge in [-0.15, -0.1) is 13.2 Å². The molecule has 8 nitrogen and oxygen atoms in total. The van der Waals surface area contributed by atoms with Crippen LogP contribution in [-0.2, 0) is 11.2 Å². The number of aromatic nitrogens is 3. The molecule has 0 spiro atoms. The molecule has 0 aliphatic carbocycles. The summed E-state index contributed by atoms with van der Waals surface area (Å²) in [7, 11) is 0. The molecule has 0 saturated carbocycles. The monoisotopic (exact) mass is 528 g/mol. The summed E-state index contributed by atoms with van der Waals surface area (Å²) >= 11 is 0. The number of carbonyl (C=O) groups excluding carboxylic acids is 1. The molecule has 3 aromatic rings. The fourth-order valence-electron chi connectivity index (χ4n) is 5.21. The molecule has 0 bridgehead atoms. The van der Waals surface area contributed by atoms with Gasteiger partial charge in [-0.1, -0.05) is 12.1 Å². The zero-order chi connectivity index (χ0) is 26.7. The molecule has 2 saturated heterocycles. The van der Waals surface area contributed by atoms with E-state index < -0.39 is 6.36 Å². The van der Waals surface area contributed by atoms with Gasteiger partial charge in [-0.05, 0) is 81.9 Å². The number of nitrogens with zero attached hydrogens (tertiary/aromatic N) is 5. The van der Waals surface area contributed by atoms with Gasteiger partial charge in [-0.3, -0.25) is 4.79 Å². The van der Waals surface area contributed by atoms with Crippen molar-refractivity contribution in [1.29, 1.82) is 0 Å². The minimum absolute atomic E-state index is 0.154. The second-order valence-electron chi connectivity index (χ2n) is 9.87. The molecule has 2 aliphatic heterocycles. The third-order valence-corrected chi connectivity index (χ3v) is 7.17. The summed E-state index contributed by atoms with van der Waals surface area (Å²) < 4.78 is 40.8. The highest BCUT2D eigenvalue weighted by atomic mass is 19.4. The first-order chi connectivity index (χ1) is 18.2. The van der Waals surface area contributed by atoms with Crippen molar-refractivity contribution in [2.75, 3.05) is 36.4 Å².